The highest BCUT2D eigenvalue weighted by atomic mass is 35.5. The molecule has 2 aromatic rings. The molecule has 1 atom stereocenters. The van der Waals surface area contributed by atoms with Crippen LogP contribution in [0.3, 0.4) is 0 Å². The van der Waals surface area contributed by atoms with Gasteiger partial charge in [0.25, 0.3) is 0 Å². The van der Waals surface area contributed by atoms with Crippen LogP contribution in [-0.2, 0) is 17.1 Å². The fraction of sp³-hybridized carbons (Fsp3) is 0.529. The van der Waals surface area contributed by atoms with Crippen molar-refractivity contribution in [2.75, 3.05) is 26.4 Å². The fourth-order valence-electron chi connectivity index (χ4n) is 3.38. The Labute approximate surface area is 165 Å². The molecule has 1 aliphatic heterocycles. The predicted molar refractivity (Wildman–Crippen MR) is 110 cm³/mol. The first kappa shape index (κ1) is 22.1. The van der Waals surface area contributed by atoms with Crippen LogP contribution in [0.4, 0.5) is 0 Å². The molecule has 1 saturated heterocycles. The number of nitrogens with one attached hydrogen (secondary N) is 1. The van der Waals surface area contributed by atoms with E-state index < -0.39 is 0 Å². The second-order valence-corrected chi connectivity index (χ2v) is 6.84. The van der Waals surface area contributed by atoms with Crippen molar-refractivity contribution in [2.24, 2.45) is 0 Å². The van der Waals surface area contributed by atoms with E-state index in [0.717, 1.165) is 48.5 Å². The number of carbonyl (C=O) groups is 1. The third-order valence-corrected chi connectivity index (χ3v) is 4.98. The molecule has 0 bridgehead atoms. The second kappa shape index (κ2) is 10.3. The van der Waals surface area contributed by atoms with E-state index in [9.17, 15) is 4.79 Å². The number of benzene rings is 1. The van der Waals surface area contributed by atoms with Gasteiger partial charge in [0.05, 0.1) is 16.8 Å². The van der Waals surface area contributed by atoms with Gasteiger partial charge in [-0.25, -0.2) is 4.98 Å². The molecule has 1 aliphatic rings. The van der Waals surface area contributed by atoms with E-state index in [1.165, 1.54) is 0 Å². The van der Waals surface area contributed by atoms with Gasteiger partial charge in [-0.3, -0.25) is 4.79 Å². The van der Waals surface area contributed by atoms with Crippen molar-refractivity contribution in [3.8, 4) is 0 Å². The van der Waals surface area contributed by atoms with Crippen molar-refractivity contribution in [3.63, 3.8) is 0 Å². The summed E-state index contributed by atoms with van der Waals surface area (Å²) >= 11 is 1.73. The van der Waals surface area contributed by atoms with E-state index in [1.807, 2.05) is 30.1 Å². The first-order chi connectivity index (χ1) is 11.2. The third kappa shape index (κ3) is 4.82. The molecule has 1 N–H and O–H groups in total. The normalized spacial score (nSPS) is 16.6. The van der Waals surface area contributed by atoms with Gasteiger partial charge in [0, 0.05) is 19.1 Å². The monoisotopic (exact) mass is 404 g/mol. The summed E-state index contributed by atoms with van der Waals surface area (Å²) in [5, 5.41) is 3.20. The summed E-state index contributed by atoms with van der Waals surface area (Å²) < 4.78 is 2.09. The van der Waals surface area contributed by atoms with Gasteiger partial charge >= 0.3 is 0 Å². The number of nitrogens with zero attached hydrogens (tertiary/aromatic N) is 3. The molecule has 1 aromatic heterocycles. The Morgan fingerprint density at radius 1 is 1.36 bits per heavy atom. The van der Waals surface area contributed by atoms with Crippen molar-refractivity contribution >= 4 is 53.5 Å². The zero-order valence-corrected chi connectivity index (χ0v) is 17.1. The Bertz CT molecular complexity index is 694. The van der Waals surface area contributed by atoms with E-state index in [0.29, 0.717) is 12.6 Å². The van der Waals surface area contributed by atoms with Gasteiger partial charge in [-0.2, -0.15) is 11.8 Å². The smallest absolute Gasteiger partial charge is 0.242 e. The van der Waals surface area contributed by atoms with E-state index in [4.69, 9.17) is 4.98 Å². The Morgan fingerprint density at radius 2 is 2.12 bits per heavy atom. The number of imidazole rings is 1. The third-order valence-electron chi connectivity index (χ3n) is 4.44. The molecule has 1 aromatic carbocycles. The average Bonchev–Trinajstić information content (AvgIpc) is 3.14. The molecule has 140 valence electrons. The number of para-hydroxylation sites is 2. The van der Waals surface area contributed by atoms with Gasteiger partial charge in [-0.1, -0.05) is 12.1 Å². The molecule has 8 heteroatoms. The second-order valence-electron chi connectivity index (χ2n) is 5.98. The molecule has 0 aliphatic carbocycles. The van der Waals surface area contributed by atoms with Gasteiger partial charge in [0.15, 0.2) is 0 Å². The molecular formula is C17H26Cl2N4OS. The molecule has 1 amide bonds. The van der Waals surface area contributed by atoms with Crippen LogP contribution in [0.5, 0.6) is 0 Å². The van der Waals surface area contributed by atoms with E-state index in [2.05, 4.69) is 22.2 Å². The Kier molecular flexibility index (Phi) is 9.07. The lowest BCUT2D eigenvalue weighted by Crippen LogP contribution is -2.42. The van der Waals surface area contributed by atoms with Crippen LogP contribution in [0.25, 0.3) is 11.0 Å². The average molecular weight is 405 g/mol. The molecular weight excluding hydrogens is 379 g/mol. The van der Waals surface area contributed by atoms with Crippen LogP contribution < -0.4 is 5.32 Å². The minimum Gasteiger partial charge on any atom is -0.337 e. The minimum absolute atomic E-state index is 0. The van der Waals surface area contributed by atoms with Crippen molar-refractivity contribution in [2.45, 2.75) is 31.2 Å². The summed E-state index contributed by atoms with van der Waals surface area (Å²) in [6, 6.07) is 8.39. The lowest BCUT2D eigenvalue weighted by molar-refractivity contribution is -0.132. The van der Waals surface area contributed by atoms with Crippen LogP contribution in [0.15, 0.2) is 24.3 Å². The molecule has 0 spiro atoms. The number of rotatable bonds is 6. The predicted octanol–water partition coefficient (Wildman–Crippen LogP) is 2.95. The Balaban J connectivity index is 0.00000156. The quantitative estimate of drug-likeness (QED) is 0.803. The number of hydrogen-bond acceptors (Lipinski definition) is 4. The fourth-order valence-corrected chi connectivity index (χ4v) is 3.86. The Morgan fingerprint density at radius 3 is 2.84 bits per heavy atom. The first-order valence-electron chi connectivity index (χ1n) is 8.11. The largest absolute Gasteiger partial charge is 0.337 e. The SMILES string of the molecule is CNCC1CCCN1C(=O)Cn1c(CSC)nc2ccccc21.Cl.Cl. The zero-order valence-electron chi connectivity index (χ0n) is 14.6. The van der Waals surface area contributed by atoms with Crippen molar-refractivity contribution in [1.29, 1.82) is 0 Å². The summed E-state index contributed by atoms with van der Waals surface area (Å²) in [4.78, 5) is 19.6. The molecule has 0 saturated carbocycles. The Hall–Kier alpha value is -0.950. The molecule has 3 rings (SSSR count). The number of likely N-dealkylation sites (N-methyl/N-ethyl adjacent to an activating group) is 1. The van der Waals surface area contributed by atoms with Crippen molar-refractivity contribution in [3.05, 3.63) is 30.1 Å². The lowest BCUT2D eigenvalue weighted by Gasteiger charge is -2.25. The highest BCUT2D eigenvalue weighted by Crippen LogP contribution is 2.21. The number of likely N-dealkylation sites (tertiary alicyclic amines) is 1. The van der Waals surface area contributed by atoms with Crippen LogP contribution >= 0.6 is 36.6 Å². The molecule has 0 radical (unpaired) electrons. The lowest BCUT2D eigenvalue weighted by atomic mass is 10.2. The van der Waals surface area contributed by atoms with Crippen LogP contribution in [-0.4, -0.2) is 52.8 Å². The number of halogens is 2. The first-order valence-corrected chi connectivity index (χ1v) is 9.51. The molecule has 1 unspecified atom stereocenters. The maximum Gasteiger partial charge on any atom is 0.242 e. The zero-order chi connectivity index (χ0) is 16.2. The summed E-state index contributed by atoms with van der Waals surface area (Å²) in [5.74, 6) is 2.01. The molecule has 1 fully saturated rings. The minimum atomic E-state index is 0. The number of aromatic nitrogens is 2. The van der Waals surface area contributed by atoms with Crippen molar-refractivity contribution in [1.82, 2.24) is 19.8 Å². The van der Waals surface area contributed by atoms with E-state index >= 15 is 0 Å². The summed E-state index contributed by atoms with van der Waals surface area (Å²) in [6.45, 7) is 2.13. The summed E-state index contributed by atoms with van der Waals surface area (Å²) in [7, 11) is 1.95. The van der Waals surface area contributed by atoms with Gasteiger partial charge in [-0.05, 0) is 38.3 Å². The van der Waals surface area contributed by atoms with Gasteiger partial charge in [0.1, 0.15) is 12.4 Å². The topological polar surface area (TPSA) is 50.2 Å². The molecule has 5 nitrogen and oxygen atoms in total. The molecule has 25 heavy (non-hydrogen) atoms. The summed E-state index contributed by atoms with van der Waals surface area (Å²) in [6.07, 6.45) is 4.25. The number of amides is 1. The highest BCUT2D eigenvalue weighted by Gasteiger charge is 2.28. The number of carbonyl (C=O) groups excluding carboxylic acids is 1. The van der Waals surface area contributed by atoms with E-state index in [-0.39, 0.29) is 30.7 Å². The van der Waals surface area contributed by atoms with E-state index in [1.54, 1.807) is 11.8 Å². The number of fused-ring (bicyclic) bond motifs is 1. The van der Waals surface area contributed by atoms with Crippen LogP contribution in [0.1, 0.15) is 18.7 Å². The molecule has 2 heterocycles. The summed E-state index contributed by atoms with van der Waals surface area (Å²) in [5.41, 5.74) is 2.02. The van der Waals surface area contributed by atoms with Gasteiger partial charge in [-0.15, -0.1) is 24.8 Å². The maximum atomic E-state index is 12.8. The van der Waals surface area contributed by atoms with Gasteiger partial charge in [0.2, 0.25) is 5.91 Å². The number of hydrogen-bond donors (Lipinski definition) is 1. The van der Waals surface area contributed by atoms with Crippen molar-refractivity contribution < 1.29 is 4.79 Å². The maximum absolute atomic E-state index is 12.8. The van der Waals surface area contributed by atoms with Crippen LogP contribution in [0, 0.1) is 0 Å². The number of thioether (sulfide) groups is 1. The highest BCUT2D eigenvalue weighted by molar-refractivity contribution is 7.97. The standard InChI is InChI=1S/C17H24N4OS.2ClH/c1-18-10-13-6-5-9-20(13)17(22)11-21-15-8-4-3-7-14(15)19-16(21)12-23-2;;/h3-4,7-8,13,18H,5-6,9-12H2,1-2H3;2*1H. The van der Waals surface area contributed by atoms with Crippen LogP contribution in [0.2, 0.25) is 0 Å². The van der Waals surface area contributed by atoms with Gasteiger partial charge < -0.3 is 14.8 Å².